The molecule has 0 saturated heterocycles. The van der Waals surface area contributed by atoms with E-state index in [1.165, 1.54) is 14.2 Å². The summed E-state index contributed by atoms with van der Waals surface area (Å²) in [4.78, 5) is 40.4. The van der Waals surface area contributed by atoms with Gasteiger partial charge in [-0.25, -0.2) is 0 Å². The van der Waals surface area contributed by atoms with E-state index in [1.54, 1.807) is 23.1 Å². The average Bonchev–Trinajstić information content (AvgIpc) is 3.11. The first-order valence-corrected chi connectivity index (χ1v) is 13.4. The van der Waals surface area contributed by atoms with Crippen molar-refractivity contribution < 1.29 is 38.8 Å². The smallest absolute Gasteiger partial charge is 0.247 e. The lowest BCUT2D eigenvalue weighted by atomic mass is 9.76. The summed E-state index contributed by atoms with van der Waals surface area (Å²) in [7, 11) is 3.00. The number of aliphatic hydroxyl groups excluding tert-OH is 2. The molecule has 1 heterocycles. The first-order valence-electron chi connectivity index (χ1n) is 13.4. The van der Waals surface area contributed by atoms with Crippen molar-refractivity contribution >= 4 is 18.1 Å². The molecule has 38 heavy (non-hydrogen) atoms. The highest BCUT2D eigenvalue weighted by atomic mass is 16.5. The highest BCUT2D eigenvalue weighted by Crippen LogP contribution is 2.51. The van der Waals surface area contributed by atoms with Gasteiger partial charge in [-0.2, -0.15) is 0 Å². The van der Waals surface area contributed by atoms with Gasteiger partial charge >= 0.3 is 0 Å². The molecule has 0 spiro atoms. The number of hydrogen-bond donors (Lipinski definition) is 3. The third-order valence-corrected chi connectivity index (χ3v) is 7.76. The van der Waals surface area contributed by atoms with Crippen molar-refractivity contribution in [1.29, 1.82) is 0 Å². The van der Waals surface area contributed by atoms with Crippen molar-refractivity contribution in [3.05, 3.63) is 34.9 Å². The molecule has 3 aliphatic rings. The minimum Gasteiger partial charge on any atom is -0.493 e. The predicted molar refractivity (Wildman–Crippen MR) is 138 cm³/mol. The minimum absolute atomic E-state index is 0.0469. The second-order valence-corrected chi connectivity index (χ2v) is 10.1. The maximum absolute atomic E-state index is 13.6. The summed E-state index contributed by atoms with van der Waals surface area (Å²) in [6.07, 6.45) is 6.27. The van der Waals surface area contributed by atoms with Crippen molar-refractivity contribution in [2.75, 3.05) is 34.0 Å². The maximum atomic E-state index is 13.6. The molecular formula is C28H38N2O8. The number of benzene rings is 1. The summed E-state index contributed by atoms with van der Waals surface area (Å²) in [5.41, 5.74) is 1.23. The average molecular weight is 531 g/mol. The molecule has 1 aliphatic heterocycles. The summed E-state index contributed by atoms with van der Waals surface area (Å²) in [5.74, 6) is -0.573. The standard InChI is InChI=1S/C28H38N2O8/c1-36-12-9-23(33)30(18-7-5-3-4-6-8-18)21-15-20(28(35)29-10-11-31)24-19-13-17(16-32)14-22(37-2)26(19)38-27(24)25(21)34/h13-16,18,21,24-25,27,31,34H,3-12H2,1-2H3,(H,29,35). The molecule has 2 amide bonds. The van der Waals surface area contributed by atoms with Crippen LogP contribution in [-0.2, 0) is 14.3 Å². The van der Waals surface area contributed by atoms with E-state index >= 15 is 0 Å². The SMILES string of the molecule is COCCC(=O)N(C1CCCCCC1)C1C=C(C(=O)NCCO)C2c3cc(C=O)cc(OC)c3OC2C1O. The topological polar surface area (TPSA) is 135 Å². The Morgan fingerprint density at radius 2 is 1.92 bits per heavy atom. The molecule has 3 N–H and O–H groups in total. The molecule has 2 aliphatic carbocycles. The number of rotatable bonds is 10. The number of methoxy groups -OCH3 is 2. The van der Waals surface area contributed by atoms with Gasteiger partial charge in [0.05, 0.1) is 38.7 Å². The number of carbonyl (C=O) groups is 3. The summed E-state index contributed by atoms with van der Waals surface area (Å²) in [6.45, 7) is 0.0580. The number of amides is 2. The first kappa shape index (κ1) is 28.1. The molecule has 4 atom stereocenters. The summed E-state index contributed by atoms with van der Waals surface area (Å²) < 4.78 is 16.9. The number of nitrogens with zero attached hydrogens (tertiary/aromatic N) is 1. The molecule has 10 nitrogen and oxygen atoms in total. The van der Waals surface area contributed by atoms with Crippen molar-refractivity contribution in [3.63, 3.8) is 0 Å². The lowest BCUT2D eigenvalue weighted by Crippen LogP contribution is -2.58. The Kier molecular flexibility index (Phi) is 9.40. The Morgan fingerprint density at radius 3 is 2.55 bits per heavy atom. The van der Waals surface area contributed by atoms with Gasteiger partial charge in [0.1, 0.15) is 18.5 Å². The predicted octanol–water partition coefficient (Wildman–Crippen LogP) is 1.72. The van der Waals surface area contributed by atoms with E-state index < -0.39 is 30.1 Å². The van der Waals surface area contributed by atoms with Gasteiger partial charge in [-0.15, -0.1) is 0 Å². The Morgan fingerprint density at radius 1 is 1.18 bits per heavy atom. The van der Waals surface area contributed by atoms with Gasteiger partial charge in [0.2, 0.25) is 11.8 Å². The molecule has 1 fully saturated rings. The van der Waals surface area contributed by atoms with Crippen LogP contribution in [0.15, 0.2) is 23.8 Å². The third kappa shape index (κ3) is 5.57. The van der Waals surface area contributed by atoms with Crippen molar-refractivity contribution in [3.8, 4) is 11.5 Å². The van der Waals surface area contributed by atoms with E-state index in [9.17, 15) is 24.6 Å². The van der Waals surface area contributed by atoms with Crippen LogP contribution in [0.4, 0.5) is 0 Å². The first-order chi connectivity index (χ1) is 18.4. The Hall–Kier alpha value is -2.95. The van der Waals surface area contributed by atoms with Crippen molar-refractivity contribution in [1.82, 2.24) is 10.2 Å². The number of nitrogens with one attached hydrogen (secondary N) is 1. The largest absolute Gasteiger partial charge is 0.493 e. The van der Waals surface area contributed by atoms with Gasteiger partial charge in [-0.3, -0.25) is 14.4 Å². The van der Waals surface area contributed by atoms with Crippen LogP contribution in [0.1, 0.15) is 66.8 Å². The van der Waals surface area contributed by atoms with Gasteiger partial charge < -0.3 is 34.6 Å². The fourth-order valence-electron chi connectivity index (χ4n) is 6.00. The van der Waals surface area contributed by atoms with Crippen LogP contribution in [0, 0.1) is 0 Å². The van der Waals surface area contributed by atoms with Gasteiger partial charge in [0, 0.05) is 36.4 Å². The monoisotopic (exact) mass is 530 g/mol. The van der Waals surface area contributed by atoms with Gasteiger partial charge in [0.15, 0.2) is 11.5 Å². The number of ether oxygens (including phenoxy) is 3. The van der Waals surface area contributed by atoms with Crippen molar-refractivity contribution in [2.24, 2.45) is 0 Å². The molecule has 4 rings (SSSR count). The van der Waals surface area contributed by atoms with E-state index in [-0.39, 0.29) is 38.1 Å². The van der Waals surface area contributed by atoms with Crippen LogP contribution in [0.3, 0.4) is 0 Å². The number of hydrogen-bond acceptors (Lipinski definition) is 8. The number of carbonyl (C=O) groups excluding carboxylic acids is 3. The minimum atomic E-state index is -1.14. The van der Waals surface area contributed by atoms with E-state index in [0.717, 1.165) is 38.5 Å². The molecule has 1 aromatic carbocycles. The Balaban J connectivity index is 1.81. The van der Waals surface area contributed by atoms with Gasteiger partial charge in [0.25, 0.3) is 0 Å². The van der Waals surface area contributed by atoms with Crippen LogP contribution in [0.5, 0.6) is 11.5 Å². The second kappa shape index (κ2) is 12.7. The van der Waals surface area contributed by atoms with Crippen LogP contribution in [-0.4, -0.2) is 91.5 Å². The van der Waals surface area contributed by atoms with Crippen LogP contribution in [0.2, 0.25) is 0 Å². The fourth-order valence-corrected chi connectivity index (χ4v) is 6.00. The van der Waals surface area contributed by atoms with Crippen LogP contribution < -0.4 is 14.8 Å². The molecule has 0 radical (unpaired) electrons. The molecule has 4 unspecified atom stereocenters. The normalized spacial score (nSPS) is 24.8. The van der Waals surface area contributed by atoms with Crippen LogP contribution >= 0.6 is 0 Å². The zero-order valence-corrected chi connectivity index (χ0v) is 22.1. The zero-order valence-electron chi connectivity index (χ0n) is 22.1. The second-order valence-electron chi connectivity index (χ2n) is 10.1. The fraction of sp³-hybridized carbons (Fsp3) is 0.607. The summed E-state index contributed by atoms with van der Waals surface area (Å²) >= 11 is 0. The molecule has 10 heteroatoms. The van der Waals surface area contributed by atoms with E-state index in [0.29, 0.717) is 34.5 Å². The highest BCUT2D eigenvalue weighted by molar-refractivity contribution is 5.96. The van der Waals surface area contributed by atoms with E-state index in [1.807, 2.05) is 0 Å². The number of aliphatic hydroxyl groups is 2. The molecular weight excluding hydrogens is 492 g/mol. The summed E-state index contributed by atoms with van der Waals surface area (Å²) in [5, 5.41) is 23.8. The lowest BCUT2D eigenvalue weighted by Gasteiger charge is -2.44. The third-order valence-electron chi connectivity index (χ3n) is 7.76. The maximum Gasteiger partial charge on any atom is 0.247 e. The number of fused-ring (bicyclic) bond motifs is 3. The van der Waals surface area contributed by atoms with Gasteiger partial charge in [-0.1, -0.05) is 25.7 Å². The molecule has 1 aromatic rings. The molecule has 1 saturated carbocycles. The van der Waals surface area contributed by atoms with Crippen molar-refractivity contribution in [2.45, 2.75) is 75.2 Å². The highest BCUT2D eigenvalue weighted by Gasteiger charge is 2.52. The lowest BCUT2D eigenvalue weighted by molar-refractivity contribution is -0.141. The Labute approximate surface area is 222 Å². The zero-order chi connectivity index (χ0) is 27.2. The molecule has 0 aromatic heterocycles. The molecule has 0 bridgehead atoms. The Bertz CT molecular complexity index is 1050. The van der Waals surface area contributed by atoms with Gasteiger partial charge in [-0.05, 0) is 31.1 Å². The van der Waals surface area contributed by atoms with E-state index in [2.05, 4.69) is 5.32 Å². The molecule has 208 valence electrons. The van der Waals surface area contributed by atoms with E-state index in [4.69, 9.17) is 14.2 Å². The van der Waals surface area contributed by atoms with Crippen LogP contribution in [0.25, 0.3) is 0 Å². The summed E-state index contributed by atoms with van der Waals surface area (Å²) in [6, 6.07) is 2.30. The quantitative estimate of drug-likeness (QED) is 0.308. The number of aldehydes is 1.